The van der Waals surface area contributed by atoms with Gasteiger partial charge in [0.15, 0.2) is 11.6 Å². The molecule has 10 heteroatoms. The third-order valence-corrected chi connectivity index (χ3v) is 7.82. The fraction of sp³-hybridized carbons (Fsp3) is 0.206. The number of aromatic nitrogens is 6. The highest BCUT2D eigenvalue weighted by molar-refractivity contribution is 6.15. The summed E-state index contributed by atoms with van der Waals surface area (Å²) in [5.74, 6) is 0.112. The highest BCUT2D eigenvalue weighted by atomic mass is 19.1. The SMILES string of the molecule is Cc1cn(C2=CC=CC(C)c3[nH]c(C4=NCCNc5cnc(-c6cncc(CNCc7ccccc7)c6)c(F)c54)nc32)cn1. The Kier molecular flexibility index (Phi) is 7.41. The van der Waals surface area contributed by atoms with Crippen LogP contribution in [0.4, 0.5) is 10.1 Å². The largest absolute Gasteiger partial charge is 0.381 e. The number of imidazole rings is 2. The molecule has 3 N–H and O–H groups in total. The molecule has 0 amide bonds. The van der Waals surface area contributed by atoms with Crippen molar-refractivity contribution in [1.82, 2.24) is 34.8 Å². The van der Waals surface area contributed by atoms with Gasteiger partial charge in [0.2, 0.25) is 0 Å². The summed E-state index contributed by atoms with van der Waals surface area (Å²) in [6.45, 7) is 6.39. The molecule has 1 aliphatic heterocycles. The molecule has 4 aromatic heterocycles. The first-order valence-corrected chi connectivity index (χ1v) is 14.7. The van der Waals surface area contributed by atoms with Gasteiger partial charge in [0.05, 0.1) is 47.4 Å². The molecule has 0 saturated carbocycles. The average Bonchev–Trinajstić information content (AvgIpc) is 3.56. The number of nitrogens with zero attached hydrogens (tertiary/aromatic N) is 6. The molecule has 5 heterocycles. The van der Waals surface area contributed by atoms with E-state index < -0.39 is 5.82 Å². The number of halogens is 1. The van der Waals surface area contributed by atoms with Crippen molar-refractivity contribution in [3.63, 3.8) is 0 Å². The van der Waals surface area contributed by atoms with Crippen LogP contribution in [0.2, 0.25) is 0 Å². The van der Waals surface area contributed by atoms with Crippen molar-refractivity contribution in [2.24, 2.45) is 4.99 Å². The lowest BCUT2D eigenvalue weighted by molar-refractivity contribution is 0.623. The Bertz CT molecular complexity index is 1920. The van der Waals surface area contributed by atoms with Gasteiger partial charge in [0, 0.05) is 49.7 Å². The van der Waals surface area contributed by atoms with E-state index in [1.807, 2.05) is 54.1 Å². The van der Waals surface area contributed by atoms with Gasteiger partial charge in [-0.25, -0.2) is 14.4 Å². The first-order chi connectivity index (χ1) is 21.5. The smallest absolute Gasteiger partial charge is 0.161 e. The van der Waals surface area contributed by atoms with E-state index in [9.17, 15) is 0 Å². The van der Waals surface area contributed by atoms with Gasteiger partial charge in [-0.3, -0.25) is 15.0 Å². The first-order valence-electron chi connectivity index (χ1n) is 14.7. The number of benzene rings is 1. The molecule has 0 bridgehead atoms. The molecule has 44 heavy (non-hydrogen) atoms. The zero-order chi connectivity index (χ0) is 30.0. The van der Waals surface area contributed by atoms with Gasteiger partial charge in [0.1, 0.15) is 17.1 Å². The van der Waals surface area contributed by atoms with Crippen LogP contribution < -0.4 is 10.6 Å². The van der Waals surface area contributed by atoms with E-state index in [2.05, 4.69) is 55.7 Å². The van der Waals surface area contributed by atoms with Crippen molar-refractivity contribution >= 4 is 17.1 Å². The second-order valence-corrected chi connectivity index (χ2v) is 11.0. The first kappa shape index (κ1) is 27.6. The Balaban J connectivity index is 1.24. The molecule has 220 valence electrons. The molecular weight excluding hydrogens is 553 g/mol. The summed E-state index contributed by atoms with van der Waals surface area (Å²) in [6.07, 6.45) is 15.0. The normalized spacial score (nSPS) is 15.8. The molecule has 5 aromatic rings. The quantitative estimate of drug-likeness (QED) is 0.229. The monoisotopic (exact) mass is 585 g/mol. The zero-order valence-electron chi connectivity index (χ0n) is 24.5. The van der Waals surface area contributed by atoms with Crippen LogP contribution >= 0.6 is 0 Å². The fourth-order valence-electron chi connectivity index (χ4n) is 5.62. The molecule has 0 saturated heterocycles. The summed E-state index contributed by atoms with van der Waals surface area (Å²) in [5, 5.41) is 6.73. The highest BCUT2D eigenvalue weighted by Gasteiger charge is 2.28. The maximum absolute atomic E-state index is 16.6. The van der Waals surface area contributed by atoms with Gasteiger partial charge in [-0.2, -0.15) is 0 Å². The summed E-state index contributed by atoms with van der Waals surface area (Å²) in [5.41, 5.74) is 7.84. The van der Waals surface area contributed by atoms with E-state index >= 15 is 4.39 Å². The van der Waals surface area contributed by atoms with Crippen molar-refractivity contribution < 1.29 is 4.39 Å². The van der Waals surface area contributed by atoms with Crippen molar-refractivity contribution in [1.29, 1.82) is 0 Å². The Morgan fingerprint density at radius 3 is 2.75 bits per heavy atom. The van der Waals surface area contributed by atoms with Crippen LogP contribution in [-0.4, -0.2) is 48.3 Å². The fourth-order valence-corrected chi connectivity index (χ4v) is 5.62. The molecule has 1 aromatic carbocycles. The Morgan fingerprint density at radius 2 is 1.91 bits per heavy atom. The van der Waals surface area contributed by atoms with Gasteiger partial charge < -0.3 is 20.2 Å². The van der Waals surface area contributed by atoms with E-state index in [1.165, 1.54) is 5.56 Å². The second-order valence-electron chi connectivity index (χ2n) is 11.0. The zero-order valence-corrected chi connectivity index (χ0v) is 24.5. The number of hydrogen-bond donors (Lipinski definition) is 3. The van der Waals surface area contributed by atoms with E-state index in [1.54, 1.807) is 24.9 Å². The Hall–Kier alpha value is -5.22. The topological polar surface area (TPSA) is 109 Å². The van der Waals surface area contributed by atoms with E-state index in [0.29, 0.717) is 48.0 Å². The lowest BCUT2D eigenvalue weighted by Crippen LogP contribution is -2.13. The maximum Gasteiger partial charge on any atom is 0.161 e. The van der Waals surface area contributed by atoms with Crippen LogP contribution in [-0.2, 0) is 13.1 Å². The summed E-state index contributed by atoms with van der Waals surface area (Å²) in [4.78, 5) is 26.7. The van der Waals surface area contributed by atoms with Crippen LogP contribution in [0.1, 0.15) is 52.4 Å². The number of anilines is 1. The number of allylic oxidation sites excluding steroid dienone is 3. The van der Waals surface area contributed by atoms with E-state index in [0.717, 1.165) is 34.9 Å². The lowest BCUT2D eigenvalue weighted by atomic mass is 10.0. The number of aromatic amines is 1. The van der Waals surface area contributed by atoms with Crippen molar-refractivity contribution in [2.45, 2.75) is 32.9 Å². The third-order valence-electron chi connectivity index (χ3n) is 7.82. The van der Waals surface area contributed by atoms with Crippen molar-refractivity contribution in [3.05, 3.63) is 131 Å². The van der Waals surface area contributed by atoms with Crippen LogP contribution in [0.15, 0.2) is 90.7 Å². The molecule has 0 spiro atoms. The Labute approximate surface area is 254 Å². The minimum Gasteiger partial charge on any atom is -0.381 e. The van der Waals surface area contributed by atoms with E-state index in [4.69, 9.17) is 9.98 Å². The van der Waals surface area contributed by atoms with Crippen LogP contribution in [0.3, 0.4) is 0 Å². The summed E-state index contributed by atoms with van der Waals surface area (Å²) in [6, 6.07) is 12.1. The number of H-pyrrole nitrogens is 1. The minimum absolute atomic E-state index is 0.0655. The summed E-state index contributed by atoms with van der Waals surface area (Å²) in [7, 11) is 0. The standard InChI is InChI=1S/C34H32FN9/c1-21-7-6-10-27(44-19-22(2)41-20-44)32-30(21)42-34(43-32)33-28-26(38-11-12-39-33)18-40-31(29(28)35)25-13-24(16-37-17-25)15-36-14-23-8-4-3-5-9-23/h3-10,13,16-21,36,38H,11-12,14-15H2,1-2H3,(H,42,43). The second kappa shape index (κ2) is 11.8. The summed E-state index contributed by atoms with van der Waals surface area (Å²) >= 11 is 0. The van der Waals surface area contributed by atoms with Crippen LogP contribution in [0.25, 0.3) is 17.0 Å². The predicted octanol–water partition coefficient (Wildman–Crippen LogP) is 5.63. The lowest BCUT2D eigenvalue weighted by Gasteiger charge is -2.13. The highest BCUT2D eigenvalue weighted by Crippen LogP contribution is 2.33. The van der Waals surface area contributed by atoms with Crippen molar-refractivity contribution in [2.75, 3.05) is 18.4 Å². The number of fused-ring (bicyclic) bond motifs is 2. The number of rotatable bonds is 7. The molecule has 7 rings (SSSR count). The molecule has 1 unspecified atom stereocenters. The van der Waals surface area contributed by atoms with Gasteiger partial charge in [-0.15, -0.1) is 0 Å². The van der Waals surface area contributed by atoms with E-state index in [-0.39, 0.29) is 11.6 Å². The third kappa shape index (κ3) is 5.35. The van der Waals surface area contributed by atoms with Crippen molar-refractivity contribution in [3.8, 4) is 11.3 Å². The predicted molar refractivity (Wildman–Crippen MR) is 170 cm³/mol. The van der Waals surface area contributed by atoms with Gasteiger partial charge in [-0.1, -0.05) is 49.4 Å². The van der Waals surface area contributed by atoms with Crippen LogP contribution in [0.5, 0.6) is 0 Å². The maximum atomic E-state index is 16.6. The molecule has 0 fully saturated rings. The number of nitrogens with one attached hydrogen (secondary N) is 3. The molecule has 0 radical (unpaired) electrons. The average molecular weight is 586 g/mol. The van der Waals surface area contributed by atoms with Gasteiger partial charge >= 0.3 is 0 Å². The molecular formula is C34H32FN9. The molecule has 9 nitrogen and oxygen atoms in total. The molecule has 2 aliphatic rings. The van der Waals surface area contributed by atoms with Gasteiger partial charge in [-0.05, 0) is 30.2 Å². The minimum atomic E-state index is -0.465. The number of aliphatic imine (C=N–C) groups is 1. The van der Waals surface area contributed by atoms with Gasteiger partial charge in [0.25, 0.3) is 0 Å². The Morgan fingerprint density at radius 1 is 1.05 bits per heavy atom. The number of aryl methyl sites for hydroxylation is 1. The number of hydrogen-bond acceptors (Lipinski definition) is 7. The van der Waals surface area contributed by atoms with Crippen LogP contribution in [0, 0.1) is 12.7 Å². The molecule has 1 atom stereocenters. The molecule has 1 aliphatic carbocycles. The summed E-state index contributed by atoms with van der Waals surface area (Å²) < 4.78 is 18.6. The number of pyridine rings is 2.